The first-order valence-corrected chi connectivity index (χ1v) is 28.5. The molecule has 0 amide bonds. The lowest BCUT2D eigenvalue weighted by Gasteiger charge is -2.44. The average Bonchev–Trinajstić information content (AvgIpc) is 3.47. The molecular formula is C64H82O11Si. The van der Waals surface area contributed by atoms with Crippen molar-refractivity contribution in [1.29, 1.82) is 0 Å². The Hall–Kier alpha value is -6.15. The van der Waals surface area contributed by atoms with Crippen LogP contribution in [0.2, 0.25) is 5.04 Å². The summed E-state index contributed by atoms with van der Waals surface area (Å²) in [6.07, 6.45) is 10.1. The van der Waals surface area contributed by atoms with E-state index in [1.807, 2.05) is 67.6 Å². The minimum Gasteiger partial charge on any atom is -0.497 e. The van der Waals surface area contributed by atoms with Crippen molar-refractivity contribution in [2.75, 3.05) is 28.4 Å². The van der Waals surface area contributed by atoms with Crippen molar-refractivity contribution in [2.45, 2.75) is 136 Å². The molecule has 0 aliphatic rings. The van der Waals surface area contributed by atoms with Crippen molar-refractivity contribution < 1.29 is 52.0 Å². The van der Waals surface area contributed by atoms with Crippen molar-refractivity contribution in [2.24, 2.45) is 11.8 Å². The third-order valence-corrected chi connectivity index (χ3v) is 19.1. The van der Waals surface area contributed by atoms with E-state index < -0.39 is 44.1 Å². The fourth-order valence-corrected chi connectivity index (χ4v) is 14.0. The smallest absolute Gasteiger partial charge is 0.342 e. The number of ketones is 2. The molecule has 0 N–H and O–H groups in total. The molecular weight excluding hydrogens is 973 g/mol. The van der Waals surface area contributed by atoms with Gasteiger partial charge in [-0.05, 0) is 114 Å². The fraction of sp³-hybridized carbons (Fsp3) is 0.422. The molecule has 0 radical (unpaired) electrons. The molecule has 76 heavy (non-hydrogen) atoms. The predicted molar refractivity (Wildman–Crippen MR) is 304 cm³/mol. The first-order chi connectivity index (χ1) is 36.6. The van der Waals surface area contributed by atoms with Crippen molar-refractivity contribution >= 4 is 36.2 Å². The van der Waals surface area contributed by atoms with E-state index in [0.717, 1.165) is 41.0 Å². The molecule has 0 aliphatic heterocycles. The van der Waals surface area contributed by atoms with Crippen LogP contribution in [0.3, 0.4) is 0 Å². The fourth-order valence-electron chi connectivity index (χ4n) is 9.30. The van der Waals surface area contributed by atoms with E-state index in [-0.39, 0.29) is 42.7 Å². The van der Waals surface area contributed by atoms with Gasteiger partial charge in [-0.1, -0.05) is 156 Å². The zero-order valence-corrected chi connectivity index (χ0v) is 47.5. The summed E-state index contributed by atoms with van der Waals surface area (Å²) >= 11 is 0. The third-order valence-electron chi connectivity index (χ3n) is 14.0. The molecule has 0 aromatic heterocycles. The van der Waals surface area contributed by atoms with Gasteiger partial charge in [0.05, 0.1) is 60.5 Å². The van der Waals surface area contributed by atoms with Crippen LogP contribution in [0.4, 0.5) is 0 Å². The average molecular weight is 1060 g/mol. The van der Waals surface area contributed by atoms with Gasteiger partial charge < -0.3 is 37.6 Å². The molecule has 12 heteroatoms. The summed E-state index contributed by atoms with van der Waals surface area (Å²) in [6.45, 7) is 13.4. The summed E-state index contributed by atoms with van der Waals surface area (Å²) in [7, 11) is 3.42. The van der Waals surface area contributed by atoms with Crippen molar-refractivity contribution in [1.82, 2.24) is 0 Å². The van der Waals surface area contributed by atoms with Crippen LogP contribution in [0.5, 0.6) is 17.2 Å². The van der Waals surface area contributed by atoms with Crippen LogP contribution in [0.25, 0.3) is 0 Å². The Morgan fingerprint density at radius 3 is 1.43 bits per heavy atom. The van der Waals surface area contributed by atoms with E-state index in [2.05, 4.69) is 113 Å². The van der Waals surface area contributed by atoms with Crippen LogP contribution < -0.4 is 24.6 Å². The molecule has 0 fully saturated rings. The first-order valence-electron chi connectivity index (χ1n) is 26.6. The quantitative estimate of drug-likeness (QED) is 0.0173. The summed E-state index contributed by atoms with van der Waals surface area (Å²) in [4.78, 5) is 41.2. The molecule has 5 aromatic carbocycles. The lowest BCUT2D eigenvalue weighted by atomic mass is 9.88. The number of carbonyl (C=O) groups excluding carboxylic acids is 3. The van der Waals surface area contributed by atoms with Gasteiger partial charge in [0.1, 0.15) is 23.0 Å². The van der Waals surface area contributed by atoms with Gasteiger partial charge in [0, 0.05) is 24.4 Å². The zero-order valence-electron chi connectivity index (χ0n) is 46.5. The second-order valence-corrected chi connectivity index (χ2v) is 24.7. The van der Waals surface area contributed by atoms with Crippen LogP contribution in [-0.2, 0) is 57.6 Å². The zero-order chi connectivity index (χ0) is 54.9. The summed E-state index contributed by atoms with van der Waals surface area (Å²) < 4.78 is 47.2. The number of ether oxygens (including phenoxy) is 7. The number of carbonyl (C=O) groups is 3. The van der Waals surface area contributed by atoms with Crippen LogP contribution in [-0.4, -0.2) is 78.7 Å². The topological polar surface area (TPSA) is 125 Å². The van der Waals surface area contributed by atoms with E-state index >= 15 is 0 Å². The SMILES string of the molecule is COC(=O)C(OCc1ccc(OC)cc1)C(=O)[C@H](C)CC[C@H](OCc1ccc(OC)cc1)[C@H](C)C(=O)C[C@H](CC/C=C/C=C\CC[C@H](C)O[Si](c1ccccc1)(c1ccccc1)C(C)(C)C)OCc1ccc(OC)cc1. The van der Waals surface area contributed by atoms with E-state index in [4.69, 9.17) is 37.6 Å². The second-order valence-electron chi connectivity index (χ2n) is 20.5. The molecule has 0 heterocycles. The number of methoxy groups -OCH3 is 4. The number of rotatable bonds is 33. The van der Waals surface area contributed by atoms with Crippen LogP contribution in [0.1, 0.15) is 103 Å². The maximum absolute atomic E-state index is 14.4. The molecule has 0 spiro atoms. The first kappa shape index (κ1) is 60.7. The van der Waals surface area contributed by atoms with Gasteiger partial charge in [-0.25, -0.2) is 4.79 Å². The van der Waals surface area contributed by atoms with Crippen molar-refractivity contribution in [3.63, 3.8) is 0 Å². The Balaban J connectivity index is 1.24. The molecule has 5 rings (SSSR count). The summed E-state index contributed by atoms with van der Waals surface area (Å²) in [5.74, 6) is -0.181. The van der Waals surface area contributed by atoms with Crippen LogP contribution in [0.15, 0.2) is 158 Å². The van der Waals surface area contributed by atoms with Crippen molar-refractivity contribution in [3.8, 4) is 17.2 Å². The summed E-state index contributed by atoms with van der Waals surface area (Å²) in [6, 6.07) is 44.0. The van der Waals surface area contributed by atoms with Gasteiger partial charge >= 0.3 is 5.97 Å². The minimum atomic E-state index is -2.65. The molecule has 11 nitrogen and oxygen atoms in total. The Labute approximate surface area is 454 Å². The normalized spacial score (nSPS) is 14.4. The van der Waals surface area contributed by atoms with Crippen molar-refractivity contribution in [3.05, 3.63) is 174 Å². The summed E-state index contributed by atoms with van der Waals surface area (Å²) in [5.41, 5.74) is 2.64. The highest BCUT2D eigenvalue weighted by Crippen LogP contribution is 2.38. The van der Waals surface area contributed by atoms with Gasteiger partial charge in [0.2, 0.25) is 6.10 Å². The molecule has 408 valence electrons. The third kappa shape index (κ3) is 18.3. The molecule has 0 saturated carbocycles. The Morgan fingerprint density at radius 2 is 0.987 bits per heavy atom. The number of allylic oxidation sites excluding steroid dienone is 4. The number of hydrogen-bond acceptors (Lipinski definition) is 11. The second kappa shape index (κ2) is 31.2. The molecule has 0 bridgehead atoms. The lowest BCUT2D eigenvalue weighted by Crippen LogP contribution is -2.67. The molecule has 6 atom stereocenters. The van der Waals surface area contributed by atoms with E-state index in [1.54, 1.807) is 40.4 Å². The predicted octanol–water partition coefficient (Wildman–Crippen LogP) is 12.2. The molecule has 0 saturated heterocycles. The highest BCUT2D eigenvalue weighted by molar-refractivity contribution is 6.99. The van der Waals surface area contributed by atoms with Crippen LogP contribution >= 0.6 is 0 Å². The maximum Gasteiger partial charge on any atom is 0.342 e. The lowest BCUT2D eigenvalue weighted by molar-refractivity contribution is -0.161. The van der Waals surface area contributed by atoms with E-state index in [0.29, 0.717) is 38.0 Å². The molecule has 0 aliphatic carbocycles. The van der Waals surface area contributed by atoms with E-state index in [9.17, 15) is 14.4 Å². The number of benzene rings is 5. The standard InChI is InChI=1S/C64H82O11Si/c1-47(61(66)62(63(67)71-10)74-46-52-34-40-55(70-9)41-35-52)29-42-60(73-45-51-32-38-54(69-8)39-33-51)49(3)59(65)43-56(72-44-50-30-36-53(68-7)37-31-50)24-18-14-12-11-13-17-23-48(2)75-76(64(4,5)6,57-25-19-15-20-26-57)58-27-21-16-22-28-58/h11-16,19-22,25-28,30-41,47-49,56,60,62H,17-18,23-24,29,42-46H2,1-10H3/b13-11-,14-12+/t47-,48+,49-,56+,60+,62?/m1/s1. The van der Waals surface area contributed by atoms with Crippen LogP contribution in [0, 0.1) is 11.8 Å². The highest BCUT2D eigenvalue weighted by atomic mass is 28.4. The molecule has 1 unspecified atom stereocenters. The monoisotopic (exact) mass is 1050 g/mol. The van der Waals surface area contributed by atoms with Gasteiger partial charge in [0.25, 0.3) is 8.32 Å². The van der Waals surface area contributed by atoms with Gasteiger partial charge in [-0.2, -0.15) is 0 Å². The Morgan fingerprint density at radius 1 is 0.539 bits per heavy atom. The summed E-state index contributed by atoms with van der Waals surface area (Å²) in [5, 5.41) is 2.46. The molecule has 5 aromatic rings. The largest absolute Gasteiger partial charge is 0.497 e. The number of hydrogen-bond donors (Lipinski definition) is 0. The van der Waals surface area contributed by atoms with Gasteiger partial charge in [-0.3, -0.25) is 9.59 Å². The Bertz CT molecular complexity index is 2500. The minimum absolute atomic E-state index is 0.00742. The highest BCUT2D eigenvalue weighted by Gasteiger charge is 2.51. The van der Waals surface area contributed by atoms with Gasteiger partial charge in [-0.15, -0.1) is 0 Å². The van der Waals surface area contributed by atoms with E-state index in [1.165, 1.54) is 17.5 Å². The van der Waals surface area contributed by atoms with Gasteiger partial charge in [0.15, 0.2) is 5.78 Å². The maximum atomic E-state index is 14.4. The number of esters is 1. The number of Topliss-reactive ketones (excluding diaryl/α,β-unsaturated/α-hetero) is 2. The Kier molecular flexibility index (Phi) is 24.9.